The summed E-state index contributed by atoms with van der Waals surface area (Å²) in [6.07, 6.45) is -16.0. The van der Waals surface area contributed by atoms with E-state index in [0.717, 1.165) is 48.5 Å². The summed E-state index contributed by atoms with van der Waals surface area (Å²) in [5.41, 5.74) is 0. The minimum absolute atomic E-state index is 0.597. The van der Waals surface area contributed by atoms with Gasteiger partial charge in [0.05, 0.1) is 6.61 Å². The predicted molar refractivity (Wildman–Crippen MR) is 135 cm³/mol. The van der Waals surface area contributed by atoms with Gasteiger partial charge in [0.2, 0.25) is 12.4 Å². The molecular formula is C26H36O18. The first-order valence-electron chi connectivity index (χ1n) is 13.3. The summed E-state index contributed by atoms with van der Waals surface area (Å²) in [5.74, 6) is -6.15. The highest BCUT2D eigenvalue weighted by molar-refractivity contribution is 5.69. The molecule has 0 aromatic carbocycles. The molecule has 2 aliphatic heterocycles. The lowest BCUT2D eigenvalue weighted by Gasteiger charge is -2.48. The van der Waals surface area contributed by atoms with Gasteiger partial charge >= 0.3 is 41.8 Å². The van der Waals surface area contributed by atoms with Gasteiger partial charge in [0, 0.05) is 48.5 Å². The van der Waals surface area contributed by atoms with Crippen molar-refractivity contribution in [2.75, 3.05) is 13.2 Å². The fraction of sp³-hybridized carbons (Fsp3) is 0.731. The number of aliphatic hydroxyl groups is 1. The van der Waals surface area contributed by atoms with Crippen molar-refractivity contribution in [3.8, 4) is 0 Å². The molecule has 18 nitrogen and oxygen atoms in total. The third-order valence-electron chi connectivity index (χ3n) is 5.90. The van der Waals surface area contributed by atoms with E-state index in [0.29, 0.717) is 0 Å². The van der Waals surface area contributed by atoms with Crippen LogP contribution in [-0.4, -0.2) is 122 Å². The zero-order chi connectivity index (χ0) is 33.3. The normalized spacial score (nSPS) is 31.5. The summed E-state index contributed by atoms with van der Waals surface area (Å²) in [5, 5.41) is 10.1. The molecule has 0 aromatic rings. The smallest absolute Gasteiger partial charge is 0.305 e. The summed E-state index contributed by atoms with van der Waals surface area (Å²) in [7, 11) is 0. The van der Waals surface area contributed by atoms with Crippen molar-refractivity contribution in [1.82, 2.24) is 0 Å². The zero-order valence-electron chi connectivity index (χ0n) is 25.1. The first kappa shape index (κ1) is 36.3. The second-order valence-electron chi connectivity index (χ2n) is 9.65. The van der Waals surface area contributed by atoms with Crippen LogP contribution in [0.25, 0.3) is 0 Å². The minimum Gasteiger partial charge on any atom is -0.463 e. The monoisotopic (exact) mass is 636 g/mol. The molecule has 2 aliphatic rings. The van der Waals surface area contributed by atoms with Crippen LogP contribution in [0.15, 0.2) is 0 Å². The Morgan fingerprint density at radius 3 is 1.30 bits per heavy atom. The highest BCUT2D eigenvalue weighted by atomic mass is 16.8. The van der Waals surface area contributed by atoms with E-state index in [9.17, 15) is 38.7 Å². The Morgan fingerprint density at radius 1 is 0.477 bits per heavy atom. The summed E-state index contributed by atoms with van der Waals surface area (Å²) in [6, 6.07) is 0. The molecule has 2 rings (SSSR count). The van der Waals surface area contributed by atoms with Gasteiger partial charge in [-0.1, -0.05) is 0 Å². The van der Waals surface area contributed by atoms with E-state index in [4.69, 9.17) is 47.4 Å². The van der Waals surface area contributed by atoms with Gasteiger partial charge < -0.3 is 52.5 Å². The molecule has 2 fully saturated rings. The Bertz CT molecular complexity index is 1090. The van der Waals surface area contributed by atoms with Gasteiger partial charge in [0.15, 0.2) is 30.7 Å². The molecule has 44 heavy (non-hydrogen) atoms. The number of ether oxygens (including phenoxy) is 10. The molecule has 0 radical (unpaired) electrons. The Hall–Kier alpha value is -3.87. The molecule has 0 amide bonds. The van der Waals surface area contributed by atoms with E-state index in [1.807, 2.05) is 0 Å². The standard InChI is InChI=1S/C26H36O18/c1-10(28)35-9-18-20(22(38-13(4)31)23(39-14(5)32)25(43-18)41-16(7)34)44-26-24(40-15(6)33)21(37-12(3)30)19(36-11(2)29)17(8-27)42-26/h17-27H,8-9H2,1-7H3/t17-,18-,19+,20-,21+,22+,23+,24-,25+,26+/m1/s1. The lowest BCUT2D eigenvalue weighted by Crippen LogP contribution is -2.67. The van der Waals surface area contributed by atoms with E-state index in [-0.39, 0.29) is 0 Å². The summed E-state index contributed by atoms with van der Waals surface area (Å²) < 4.78 is 54.5. The average molecular weight is 637 g/mol. The molecule has 0 unspecified atom stereocenters. The first-order chi connectivity index (χ1) is 20.5. The molecule has 0 bridgehead atoms. The maximum atomic E-state index is 12.2. The predicted octanol–water partition coefficient (Wildman–Crippen LogP) is -1.40. The van der Waals surface area contributed by atoms with Crippen LogP contribution in [0, 0.1) is 0 Å². The van der Waals surface area contributed by atoms with Crippen LogP contribution >= 0.6 is 0 Å². The van der Waals surface area contributed by atoms with E-state index >= 15 is 0 Å². The average Bonchev–Trinajstić information content (AvgIpc) is 2.87. The third-order valence-corrected chi connectivity index (χ3v) is 5.90. The maximum Gasteiger partial charge on any atom is 0.305 e. The molecule has 0 saturated carbocycles. The molecule has 10 atom stereocenters. The van der Waals surface area contributed by atoms with Crippen molar-refractivity contribution in [1.29, 1.82) is 0 Å². The van der Waals surface area contributed by atoms with E-state index in [2.05, 4.69) is 0 Å². The maximum absolute atomic E-state index is 12.2. The molecule has 18 heteroatoms. The molecule has 0 spiro atoms. The first-order valence-corrected chi connectivity index (χ1v) is 13.3. The number of rotatable bonds is 11. The third kappa shape index (κ3) is 10.4. The van der Waals surface area contributed by atoms with Crippen molar-refractivity contribution in [3.05, 3.63) is 0 Å². The lowest BCUT2D eigenvalue weighted by atomic mass is 9.96. The van der Waals surface area contributed by atoms with E-state index in [1.165, 1.54) is 0 Å². The molecular weight excluding hydrogens is 600 g/mol. The SMILES string of the molecule is CC(=O)OC[C@H]1O[C@H](OC(C)=O)[C@@H](OC(C)=O)[C@@H](OC(C)=O)[C@@H]1O[C@@H]1O[C@H](CO)[C@H](OC(C)=O)[C@H](OC(C)=O)[C@H]1OC(C)=O. The fourth-order valence-electron chi connectivity index (χ4n) is 4.54. The Labute approximate surface area is 251 Å². The van der Waals surface area contributed by atoms with Crippen LogP contribution in [0.2, 0.25) is 0 Å². The van der Waals surface area contributed by atoms with Gasteiger partial charge in [-0.15, -0.1) is 0 Å². The van der Waals surface area contributed by atoms with Crippen molar-refractivity contribution in [2.45, 2.75) is 110 Å². The second-order valence-corrected chi connectivity index (χ2v) is 9.65. The highest BCUT2D eigenvalue weighted by Crippen LogP contribution is 2.35. The van der Waals surface area contributed by atoms with Crippen LogP contribution in [0.3, 0.4) is 0 Å². The molecule has 2 saturated heterocycles. The quantitative estimate of drug-likeness (QED) is 0.203. The van der Waals surface area contributed by atoms with Gasteiger partial charge in [0.1, 0.15) is 24.9 Å². The summed E-state index contributed by atoms with van der Waals surface area (Å²) in [4.78, 5) is 83.8. The van der Waals surface area contributed by atoms with Gasteiger partial charge in [0.25, 0.3) is 0 Å². The lowest BCUT2D eigenvalue weighted by molar-refractivity contribution is -0.357. The number of esters is 7. The molecule has 0 aliphatic carbocycles. The second kappa shape index (κ2) is 16.3. The Balaban J connectivity index is 2.67. The van der Waals surface area contributed by atoms with Crippen molar-refractivity contribution in [3.63, 3.8) is 0 Å². The van der Waals surface area contributed by atoms with Gasteiger partial charge in [-0.2, -0.15) is 0 Å². The van der Waals surface area contributed by atoms with E-state index in [1.54, 1.807) is 0 Å². The van der Waals surface area contributed by atoms with Crippen molar-refractivity contribution in [2.24, 2.45) is 0 Å². The summed E-state index contributed by atoms with van der Waals surface area (Å²) in [6.45, 7) is 5.80. The molecule has 2 heterocycles. The van der Waals surface area contributed by atoms with Crippen LogP contribution in [-0.2, 0) is 80.9 Å². The zero-order valence-corrected chi connectivity index (χ0v) is 25.1. The topological polar surface area (TPSA) is 232 Å². The highest BCUT2D eigenvalue weighted by Gasteiger charge is 2.57. The van der Waals surface area contributed by atoms with Crippen LogP contribution in [0.5, 0.6) is 0 Å². The van der Waals surface area contributed by atoms with Gasteiger partial charge in [-0.05, 0) is 0 Å². The number of hydrogen-bond donors (Lipinski definition) is 1. The molecule has 248 valence electrons. The minimum atomic E-state index is -1.79. The Kier molecular flexibility index (Phi) is 13.4. The molecule has 0 aromatic heterocycles. The van der Waals surface area contributed by atoms with Crippen molar-refractivity contribution < 1.29 is 86.0 Å². The van der Waals surface area contributed by atoms with Gasteiger partial charge in [-0.3, -0.25) is 33.6 Å². The van der Waals surface area contributed by atoms with Crippen LogP contribution in [0.4, 0.5) is 0 Å². The number of aliphatic hydroxyl groups excluding tert-OH is 1. The summed E-state index contributed by atoms with van der Waals surface area (Å²) >= 11 is 0. The van der Waals surface area contributed by atoms with Crippen molar-refractivity contribution >= 4 is 41.8 Å². The number of carbonyl (C=O) groups is 7. The fourth-order valence-corrected chi connectivity index (χ4v) is 4.54. The van der Waals surface area contributed by atoms with Crippen LogP contribution < -0.4 is 0 Å². The largest absolute Gasteiger partial charge is 0.463 e. The van der Waals surface area contributed by atoms with Crippen LogP contribution in [0.1, 0.15) is 48.5 Å². The number of hydrogen-bond acceptors (Lipinski definition) is 18. The Morgan fingerprint density at radius 2 is 0.864 bits per heavy atom. The van der Waals surface area contributed by atoms with E-state index < -0.39 is 116 Å². The molecule has 1 N–H and O–H groups in total. The number of carbonyl (C=O) groups excluding carboxylic acids is 7. The van der Waals surface area contributed by atoms with Gasteiger partial charge in [-0.25, -0.2) is 0 Å².